The molecule has 92 valence electrons. The summed E-state index contributed by atoms with van der Waals surface area (Å²) in [5.74, 6) is -2.99. The van der Waals surface area contributed by atoms with Crippen molar-refractivity contribution in [2.45, 2.75) is 0 Å². The van der Waals surface area contributed by atoms with E-state index in [1.807, 2.05) is 0 Å². The summed E-state index contributed by atoms with van der Waals surface area (Å²) in [4.78, 5) is 18.2. The zero-order chi connectivity index (χ0) is 13.3. The Morgan fingerprint density at radius 1 is 1.28 bits per heavy atom. The highest BCUT2D eigenvalue weighted by Gasteiger charge is 2.14. The number of aromatic nitrogens is 2. The van der Waals surface area contributed by atoms with Gasteiger partial charge in [0.15, 0.2) is 11.5 Å². The minimum Gasteiger partial charge on any atom is -0.477 e. The summed E-state index contributed by atoms with van der Waals surface area (Å²) in [6.07, 6.45) is 1.20. The lowest BCUT2D eigenvalue weighted by Crippen LogP contribution is -2.03. The lowest BCUT2D eigenvalue weighted by molar-refractivity contribution is 0.0690. The van der Waals surface area contributed by atoms with Crippen LogP contribution in [0.3, 0.4) is 0 Å². The molecule has 0 saturated heterocycles. The molecule has 1 heterocycles. The van der Waals surface area contributed by atoms with E-state index in [9.17, 15) is 13.6 Å². The van der Waals surface area contributed by atoms with Crippen molar-refractivity contribution in [1.29, 1.82) is 0 Å². The van der Waals surface area contributed by atoms with Gasteiger partial charge in [-0.1, -0.05) is 0 Å². The molecular formula is C11H5BrF2N2O2. The number of nitrogens with zero attached hydrogens (tertiary/aromatic N) is 2. The topological polar surface area (TPSA) is 63.1 Å². The van der Waals surface area contributed by atoms with E-state index in [-0.39, 0.29) is 21.6 Å². The first-order chi connectivity index (χ1) is 8.49. The van der Waals surface area contributed by atoms with E-state index >= 15 is 0 Å². The van der Waals surface area contributed by atoms with Crippen LogP contribution in [0.25, 0.3) is 11.4 Å². The Bertz CT molecular complexity index is 634. The minimum absolute atomic E-state index is 0.0447. The Hall–Kier alpha value is -1.89. The number of aromatic carboxylic acids is 1. The Morgan fingerprint density at radius 3 is 2.67 bits per heavy atom. The first-order valence-corrected chi connectivity index (χ1v) is 5.49. The van der Waals surface area contributed by atoms with Gasteiger partial charge in [0, 0.05) is 12.3 Å². The zero-order valence-electron chi connectivity index (χ0n) is 8.69. The molecule has 2 aromatic rings. The number of carboxylic acids is 1. The van der Waals surface area contributed by atoms with Gasteiger partial charge in [-0.3, -0.25) is 0 Å². The van der Waals surface area contributed by atoms with Gasteiger partial charge >= 0.3 is 5.97 Å². The zero-order valence-corrected chi connectivity index (χ0v) is 10.3. The van der Waals surface area contributed by atoms with Crippen LogP contribution in [-0.4, -0.2) is 21.0 Å². The van der Waals surface area contributed by atoms with Gasteiger partial charge in [-0.15, -0.1) is 0 Å². The molecule has 4 nitrogen and oxygen atoms in total. The fourth-order valence-electron chi connectivity index (χ4n) is 1.30. The molecule has 0 aliphatic rings. The van der Waals surface area contributed by atoms with Crippen molar-refractivity contribution in [3.8, 4) is 11.4 Å². The first-order valence-electron chi connectivity index (χ1n) is 4.70. The number of rotatable bonds is 2. The van der Waals surface area contributed by atoms with Crippen LogP contribution in [0, 0.1) is 11.6 Å². The SMILES string of the molecule is O=C(O)c1ccnc(-c2cc(Br)c(F)cc2F)n1. The number of halogens is 3. The summed E-state index contributed by atoms with van der Waals surface area (Å²) in [6.45, 7) is 0. The van der Waals surface area contributed by atoms with Crippen LogP contribution in [0.5, 0.6) is 0 Å². The number of hydrogen-bond donors (Lipinski definition) is 1. The average molecular weight is 315 g/mol. The molecule has 0 spiro atoms. The Morgan fingerprint density at radius 2 is 2.00 bits per heavy atom. The molecule has 0 fully saturated rings. The highest BCUT2D eigenvalue weighted by molar-refractivity contribution is 9.10. The summed E-state index contributed by atoms with van der Waals surface area (Å²) >= 11 is 2.91. The van der Waals surface area contributed by atoms with Gasteiger partial charge in [-0.2, -0.15) is 0 Å². The van der Waals surface area contributed by atoms with Gasteiger partial charge in [-0.05, 0) is 28.1 Å². The molecule has 0 aliphatic heterocycles. The molecule has 1 N–H and O–H groups in total. The fraction of sp³-hybridized carbons (Fsp3) is 0. The highest BCUT2D eigenvalue weighted by atomic mass is 79.9. The van der Waals surface area contributed by atoms with Crippen LogP contribution < -0.4 is 0 Å². The normalized spacial score (nSPS) is 10.4. The second-order valence-corrected chi connectivity index (χ2v) is 4.17. The van der Waals surface area contributed by atoms with Crippen molar-refractivity contribution in [2.75, 3.05) is 0 Å². The van der Waals surface area contributed by atoms with Crippen LogP contribution >= 0.6 is 15.9 Å². The van der Waals surface area contributed by atoms with E-state index in [1.54, 1.807) is 0 Å². The number of carboxylic acid groups (broad SMARTS) is 1. The van der Waals surface area contributed by atoms with E-state index < -0.39 is 17.6 Å². The maximum absolute atomic E-state index is 13.6. The van der Waals surface area contributed by atoms with Crippen molar-refractivity contribution in [1.82, 2.24) is 9.97 Å². The van der Waals surface area contributed by atoms with Crippen LogP contribution in [0.15, 0.2) is 28.9 Å². The highest BCUT2D eigenvalue weighted by Crippen LogP contribution is 2.26. The molecule has 7 heteroatoms. The standard InChI is InChI=1S/C11H5BrF2N2O2/c12-6-3-5(7(13)4-8(6)14)10-15-2-1-9(16-10)11(17)18/h1-4H,(H,17,18). The monoisotopic (exact) mass is 314 g/mol. The van der Waals surface area contributed by atoms with Crippen LogP contribution in [-0.2, 0) is 0 Å². The van der Waals surface area contributed by atoms with Gasteiger partial charge in [0.2, 0.25) is 0 Å². The summed E-state index contributed by atoms with van der Waals surface area (Å²) in [5, 5.41) is 8.77. The minimum atomic E-state index is -1.25. The average Bonchev–Trinajstić information content (AvgIpc) is 2.34. The third kappa shape index (κ3) is 2.35. The molecule has 0 atom stereocenters. The van der Waals surface area contributed by atoms with Crippen LogP contribution in [0.1, 0.15) is 10.5 Å². The maximum Gasteiger partial charge on any atom is 0.354 e. The second-order valence-electron chi connectivity index (χ2n) is 3.32. The molecule has 2 rings (SSSR count). The van der Waals surface area contributed by atoms with Gasteiger partial charge < -0.3 is 5.11 Å². The fourth-order valence-corrected chi connectivity index (χ4v) is 1.64. The quantitative estimate of drug-likeness (QED) is 0.866. The van der Waals surface area contributed by atoms with Crippen molar-refractivity contribution >= 4 is 21.9 Å². The second kappa shape index (κ2) is 4.77. The third-order valence-corrected chi connectivity index (χ3v) is 2.73. The van der Waals surface area contributed by atoms with Gasteiger partial charge in [0.25, 0.3) is 0 Å². The summed E-state index contributed by atoms with van der Waals surface area (Å²) in [6, 6.07) is 3.02. The molecule has 0 aliphatic carbocycles. The third-order valence-electron chi connectivity index (χ3n) is 2.13. The predicted octanol–water partition coefficient (Wildman–Crippen LogP) is 2.88. The number of hydrogen-bond acceptors (Lipinski definition) is 3. The smallest absolute Gasteiger partial charge is 0.354 e. The Balaban J connectivity index is 2.58. The Kier molecular flexibility index (Phi) is 3.33. The van der Waals surface area contributed by atoms with Crippen molar-refractivity contribution in [3.05, 3.63) is 46.2 Å². The van der Waals surface area contributed by atoms with Gasteiger partial charge in [0.1, 0.15) is 11.6 Å². The summed E-state index contributed by atoms with van der Waals surface area (Å²) in [7, 11) is 0. The van der Waals surface area contributed by atoms with Crippen molar-refractivity contribution < 1.29 is 18.7 Å². The molecule has 1 aromatic carbocycles. The molecular weight excluding hydrogens is 310 g/mol. The van der Waals surface area contributed by atoms with Gasteiger partial charge in [-0.25, -0.2) is 23.5 Å². The van der Waals surface area contributed by atoms with Crippen molar-refractivity contribution in [3.63, 3.8) is 0 Å². The van der Waals surface area contributed by atoms with Crippen LogP contribution in [0.2, 0.25) is 0 Å². The van der Waals surface area contributed by atoms with E-state index in [0.29, 0.717) is 6.07 Å². The van der Waals surface area contributed by atoms with E-state index in [2.05, 4.69) is 25.9 Å². The van der Waals surface area contributed by atoms with E-state index in [1.165, 1.54) is 12.3 Å². The molecule has 0 bridgehead atoms. The molecule has 0 amide bonds. The molecule has 18 heavy (non-hydrogen) atoms. The largest absolute Gasteiger partial charge is 0.477 e. The first kappa shape index (κ1) is 12.6. The molecule has 1 aromatic heterocycles. The van der Waals surface area contributed by atoms with E-state index in [0.717, 1.165) is 6.07 Å². The molecule has 0 unspecified atom stereocenters. The maximum atomic E-state index is 13.6. The lowest BCUT2D eigenvalue weighted by atomic mass is 10.2. The number of carbonyl (C=O) groups is 1. The molecule has 0 radical (unpaired) electrons. The Labute approximate surface area is 108 Å². The summed E-state index contributed by atoms with van der Waals surface area (Å²) < 4.78 is 26.7. The summed E-state index contributed by atoms with van der Waals surface area (Å²) in [5.41, 5.74) is -0.341. The lowest BCUT2D eigenvalue weighted by Gasteiger charge is -2.04. The van der Waals surface area contributed by atoms with Crippen molar-refractivity contribution in [2.24, 2.45) is 0 Å². The van der Waals surface area contributed by atoms with E-state index in [4.69, 9.17) is 5.11 Å². The predicted molar refractivity (Wildman–Crippen MR) is 62.0 cm³/mol. The number of benzene rings is 1. The van der Waals surface area contributed by atoms with Crippen LogP contribution in [0.4, 0.5) is 8.78 Å². The van der Waals surface area contributed by atoms with Gasteiger partial charge in [0.05, 0.1) is 10.0 Å². The molecule has 0 saturated carbocycles.